The van der Waals surface area contributed by atoms with Crippen LogP contribution in [0.3, 0.4) is 0 Å². The number of H-pyrrole nitrogens is 1. The van der Waals surface area contributed by atoms with Crippen LogP contribution >= 0.6 is 0 Å². The normalized spacial score (nSPS) is 17.3. The molecule has 0 spiro atoms. The Morgan fingerprint density at radius 3 is 2.65 bits per heavy atom. The van der Waals surface area contributed by atoms with Crippen molar-refractivity contribution in [2.75, 3.05) is 19.8 Å². The maximum atomic E-state index is 13.9. The highest BCUT2D eigenvalue weighted by atomic mass is 19.1. The molecule has 0 radical (unpaired) electrons. The van der Waals surface area contributed by atoms with Crippen molar-refractivity contribution in [3.63, 3.8) is 0 Å². The highest BCUT2D eigenvalue weighted by Crippen LogP contribution is 2.27. The molecule has 1 aliphatic rings. The van der Waals surface area contributed by atoms with Gasteiger partial charge in [0.2, 0.25) is 0 Å². The van der Waals surface area contributed by atoms with Crippen molar-refractivity contribution in [1.29, 1.82) is 0 Å². The summed E-state index contributed by atoms with van der Waals surface area (Å²) in [5, 5.41) is 20.1. The summed E-state index contributed by atoms with van der Waals surface area (Å²) in [6.07, 6.45) is 2.67. The molecule has 124 valence electrons. The number of halogens is 2. The third kappa shape index (κ3) is 3.57. The molecule has 1 aromatic heterocycles. The van der Waals surface area contributed by atoms with Crippen molar-refractivity contribution in [1.82, 2.24) is 15.5 Å². The van der Waals surface area contributed by atoms with E-state index in [9.17, 15) is 13.9 Å². The molecule has 2 heterocycles. The van der Waals surface area contributed by atoms with Crippen molar-refractivity contribution in [2.24, 2.45) is 0 Å². The number of aromatic nitrogens is 2. The maximum absolute atomic E-state index is 13.9. The van der Waals surface area contributed by atoms with Gasteiger partial charge in [0.15, 0.2) is 0 Å². The van der Waals surface area contributed by atoms with Gasteiger partial charge in [-0.1, -0.05) is 6.07 Å². The molecule has 0 aliphatic carbocycles. The van der Waals surface area contributed by atoms with Crippen LogP contribution in [0.2, 0.25) is 0 Å². The summed E-state index contributed by atoms with van der Waals surface area (Å²) >= 11 is 0. The first kappa shape index (κ1) is 16.0. The zero-order chi connectivity index (χ0) is 16.3. The molecule has 1 fully saturated rings. The van der Waals surface area contributed by atoms with Crippen molar-refractivity contribution >= 4 is 0 Å². The van der Waals surface area contributed by atoms with E-state index in [1.54, 1.807) is 0 Å². The van der Waals surface area contributed by atoms with Crippen molar-refractivity contribution in [2.45, 2.75) is 25.0 Å². The van der Waals surface area contributed by atoms with Gasteiger partial charge in [-0.2, -0.15) is 5.10 Å². The summed E-state index contributed by atoms with van der Waals surface area (Å²) in [7, 11) is 0. The molecule has 2 aromatic rings. The first-order chi connectivity index (χ1) is 11.1. The van der Waals surface area contributed by atoms with Crippen LogP contribution in [0.15, 0.2) is 24.4 Å². The first-order valence-corrected chi connectivity index (χ1v) is 7.56. The molecule has 0 amide bonds. The van der Waals surface area contributed by atoms with Gasteiger partial charge in [0.1, 0.15) is 11.6 Å². The van der Waals surface area contributed by atoms with E-state index in [0.29, 0.717) is 50.4 Å². The van der Waals surface area contributed by atoms with Gasteiger partial charge in [-0.05, 0) is 12.1 Å². The Balaban J connectivity index is 1.70. The minimum absolute atomic E-state index is 0.119. The first-order valence-electron chi connectivity index (χ1n) is 7.56. The second-order valence-corrected chi connectivity index (χ2v) is 5.81. The van der Waals surface area contributed by atoms with Crippen LogP contribution in [0.1, 0.15) is 18.4 Å². The molecule has 0 atom stereocenters. The van der Waals surface area contributed by atoms with Gasteiger partial charge >= 0.3 is 0 Å². The van der Waals surface area contributed by atoms with Crippen LogP contribution in [0, 0.1) is 11.6 Å². The number of rotatable bonds is 5. The van der Waals surface area contributed by atoms with Crippen LogP contribution < -0.4 is 5.32 Å². The van der Waals surface area contributed by atoms with E-state index < -0.39 is 17.2 Å². The molecule has 3 rings (SSSR count). The number of hydrogen-bond donors (Lipinski definition) is 3. The zero-order valence-electron chi connectivity index (χ0n) is 12.6. The van der Waals surface area contributed by atoms with E-state index in [1.807, 2.05) is 0 Å². The molecule has 1 aromatic carbocycles. The number of nitrogens with zero attached hydrogens (tertiary/aromatic N) is 1. The Kier molecular flexibility index (Phi) is 4.70. The third-order valence-corrected chi connectivity index (χ3v) is 4.12. The Morgan fingerprint density at radius 2 is 1.96 bits per heavy atom. The fourth-order valence-corrected chi connectivity index (χ4v) is 2.76. The molecular weight excluding hydrogens is 304 g/mol. The third-order valence-electron chi connectivity index (χ3n) is 4.12. The molecule has 1 aliphatic heterocycles. The van der Waals surface area contributed by atoms with Crippen molar-refractivity contribution in [3.8, 4) is 11.3 Å². The number of aromatic amines is 1. The molecule has 0 saturated carbocycles. The van der Waals surface area contributed by atoms with Crippen molar-refractivity contribution in [3.05, 3.63) is 41.6 Å². The average Bonchev–Trinajstić information content (AvgIpc) is 2.96. The summed E-state index contributed by atoms with van der Waals surface area (Å²) in [5.74, 6) is -1.28. The van der Waals surface area contributed by atoms with Gasteiger partial charge in [-0.3, -0.25) is 5.10 Å². The summed E-state index contributed by atoms with van der Waals surface area (Å²) in [6.45, 7) is 1.81. The van der Waals surface area contributed by atoms with E-state index >= 15 is 0 Å². The van der Waals surface area contributed by atoms with E-state index in [1.165, 1.54) is 24.4 Å². The summed E-state index contributed by atoms with van der Waals surface area (Å²) in [4.78, 5) is 0. The van der Waals surface area contributed by atoms with E-state index in [2.05, 4.69) is 15.5 Å². The van der Waals surface area contributed by atoms with Gasteiger partial charge in [0.25, 0.3) is 0 Å². The van der Waals surface area contributed by atoms with Crippen LogP contribution in [0.25, 0.3) is 11.3 Å². The van der Waals surface area contributed by atoms with Crippen LogP contribution in [-0.4, -0.2) is 40.7 Å². The van der Waals surface area contributed by atoms with Gasteiger partial charge in [-0.15, -0.1) is 0 Å². The predicted molar refractivity (Wildman–Crippen MR) is 80.6 cm³/mol. The zero-order valence-corrected chi connectivity index (χ0v) is 12.6. The lowest BCUT2D eigenvalue weighted by atomic mass is 9.94. The average molecular weight is 323 g/mol. The quantitative estimate of drug-likeness (QED) is 0.787. The largest absolute Gasteiger partial charge is 0.388 e. The topological polar surface area (TPSA) is 70.2 Å². The molecular formula is C16H19F2N3O2. The summed E-state index contributed by atoms with van der Waals surface area (Å²) < 4.78 is 33.0. The molecule has 1 saturated heterocycles. The number of aliphatic hydroxyl groups is 1. The van der Waals surface area contributed by atoms with Crippen molar-refractivity contribution < 1.29 is 18.6 Å². The Labute approximate surface area is 132 Å². The molecule has 0 bridgehead atoms. The predicted octanol–water partition coefficient (Wildman–Crippen LogP) is 1.99. The van der Waals surface area contributed by atoms with Gasteiger partial charge in [0, 0.05) is 44.7 Å². The molecule has 23 heavy (non-hydrogen) atoms. The monoisotopic (exact) mass is 323 g/mol. The van der Waals surface area contributed by atoms with Crippen LogP contribution in [0.4, 0.5) is 8.78 Å². The molecule has 0 unspecified atom stereocenters. The number of benzene rings is 1. The minimum Gasteiger partial charge on any atom is -0.388 e. The molecule has 7 heteroatoms. The summed E-state index contributed by atoms with van der Waals surface area (Å²) in [6, 6.07) is 3.74. The standard InChI is InChI=1S/C16H19F2N3O2/c17-12-2-1-3-13(18)14(12)15-11(9-20-21-15)8-19-10-16(22)4-6-23-7-5-16/h1-3,9,19,22H,4-8,10H2,(H,20,21). The maximum Gasteiger partial charge on any atom is 0.135 e. The van der Waals surface area contributed by atoms with Crippen LogP contribution in [0.5, 0.6) is 0 Å². The SMILES string of the molecule is OC1(CNCc2cn[nH]c2-c2c(F)cccc2F)CCOCC1. The second kappa shape index (κ2) is 6.74. The highest BCUT2D eigenvalue weighted by molar-refractivity contribution is 5.64. The van der Waals surface area contributed by atoms with Gasteiger partial charge in [0.05, 0.1) is 23.1 Å². The van der Waals surface area contributed by atoms with Gasteiger partial charge in [-0.25, -0.2) is 8.78 Å². The number of ether oxygens (including phenoxy) is 1. The fraction of sp³-hybridized carbons (Fsp3) is 0.438. The van der Waals surface area contributed by atoms with Crippen LogP contribution in [-0.2, 0) is 11.3 Å². The lowest BCUT2D eigenvalue weighted by Gasteiger charge is -2.32. The smallest absolute Gasteiger partial charge is 0.135 e. The summed E-state index contributed by atoms with van der Waals surface area (Å²) in [5.41, 5.74) is 0.0362. The Bertz CT molecular complexity index is 649. The Hall–Kier alpha value is -1.83. The highest BCUT2D eigenvalue weighted by Gasteiger charge is 2.29. The van der Waals surface area contributed by atoms with Gasteiger partial charge < -0.3 is 15.2 Å². The number of nitrogens with one attached hydrogen (secondary N) is 2. The lowest BCUT2D eigenvalue weighted by molar-refractivity contribution is -0.0617. The van der Waals surface area contributed by atoms with E-state index in [-0.39, 0.29) is 5.56 Å². The van der Waals surface area contributed by atoms with E-state index in [0.717, 1.165) is 0 Å². The molecule has 5 nitrogen and oxygen atoms in total. The fourth-order valence-electron chi connectivity index (χ4n) is 2.76. The lowest BCUT2D eigenvalue weighted by Crippen LogP contribution is -2.44. The second-order valence-electron chi connectivity index (χ2n) is 5.81. The number of hydrogen-bond acceptors (Lipinski definition) is 4. The van der Waals surface area contributed by atoms with E-state index in [4.69, 9.17) is 4.74 Å². The molecule has 3 N–H and O–H groups in total. The minimum atomic E-state index is -0.800. The Morgan fingerprint density at radius 1 is 1.26 bits per heavy atom.